The Labute approximate surface area is 306 Å². The molecule has 2 aromatic heterocycles. The van der Waals surface area contributed by atoms with Crippen LogP contribution in [0.4, 0.5) is 19.4 Å². The number of aromatic nitrogens is 3. The Morgan fingerprint density at radius 1 is 1.11 bits per heavy atom. The van der Waals surface area contributed by atoms with E-state index in [0.29, 0.717) is 53.6 Å². The average molecular weight is 747 g/mol. The Hall–Kier alpha value is -4.65. The third-order valence-electron chi connectivity index (χ3n) is 11.1. The van der Waals surface area contributed by atoms with E-state index in [0.717, 1.165) is 19.3 Å². The van der Waals surface area contributed by atoms with Crippen molar-refractivity contribution in [1.82, 2.24) is 24.8 Å². The second kappa shape index (κ2) is 12.7. The first kappa shape index (κ1) is 35.4. The Balaban J connectivity index is 1.21. The minimum Gasteiger partial charge on any atom is -0.461 e. The van der Waals surface area contributed by atoms with Gasteiger partial charge in [0.25, 0.3) is 10.1 Å². The van der Waals surface area contributed by atoms with Gasteiger partial charge in [-0.15, -0.1) is 6.42 Å². The van der Waals surface area contributed by atoms with Crippen LogP contribution < -0.4 is 9.64 Å². The summed E-state index contributed by atoms with van der Waals surface area (Å²) in [6.07, 6.45) is 10.0. The van der Waals surface area contributed by atoms with Gasteiger partial charge in [0.15, 0.2) is 5.82 Å². The molecule has 0 spiro atoms. The fourth-order valence-corrected chi connectivity index (χ4v) is 9.65. The molecule has 15 heteroatoms. The Morgan fingerprint density at radius 2 is 1.87 bits per heavy atom. The molecule has 0 unspecified atom stereocenters. The second-order valence-corrected chi connectivity index (χ2v) is 17.3. The molecule has 8 rings (SSSR count). The molecule has 2 bridgehead atoms. The van der Waals surface area contributed by atoms with Gasteiger partial charge in [0.1, 0.15) is 40.3 Å². The van der Waals surface area contributed by atoms with E-state index in [1.807, 2.05) is 30.6 Å². The van der Waals surface area contributed by atoms with Crippen LogP contribution in [0.5, 0.6) is 6.01 Å². The molecule has 2 aromatic carbocycles. The number of hydrogen-bond donors (Lipinski definition) is 1. The monoisotopic (exact) mass is 746 g/mol. The summed E-state index contributed by atoms with van der Waals surface area (Å²) in [6.45, 7) is 7.13. The molecule has 4 aliphatic rings. The molecule has 12 nitrogen and oxygen atoms in total. The van der Waals surface area contributed by atoms with Crippen LogP contribution in [0, 0.1) is 24.0 Å². The maximum absolute atomic E-state index is 17.0. The van der Waals surface area contributed by atoms with Gasteiger partial charge in [-0.1, -0.05) is 30.2 Å². The summed E-state index contributed by atoms with van der Waals surface area (Å²) in [7, 11) is -4.27. The number of benzene rings is 2. The van der Waals surface area contributed by atoms with Crippen molar-refractivity contribution in [2.45, 2.75) is 81.3 Å². The van der Waals surface area contributed by atoms with Crippen molar-refractivity contribution in [2.24, 2.45) is 0 Å². The van der Waals surface area contributed by atoms with E-state index in [-0.39, 0.29) is 60.5 Å². The molecule has 53 heavy (non-hydrogen) atoms. The molecule has 4 aromatic rings. The third kappa shape index (κ3) is 6.20. The van der Waals surface area contributed by atoms with E-state index in [2.05, 4.69) is 15.9 Å². The predicted molar refractivity (Wildman–Crippen MR) is 194 cm³/mol. The van der Waals surface area contributed by atoms with Crippen LogP contribution in [-0.4, -0.2) is 105 Å². The number of carbonyl (C=O) groups is 1. The summed E-state index contributed by atoms with van der Waals surface area (Å²) in [4.78, 5) is 33.0. The van der Waals surface area contributed by atoms with Crippen molar-refractivity contribution in [2.75, 3.05) is 37.7 Å². The number of pyridine rings is 1. The van der Waals surface area contributed by atoms with Crippen LogP contribution in [0.1, 0.15) is 58.4 Å². The topological polar surface area (TPSA) is 138 Å². The molecule has 0 saturated carbocycles. The van der Waals surface area contributed by atoms with E-state index in [4.69, 9.17) is 20.9 Å². The Kier molecular flexibility index (Phi) is 8.51. The molecular weight excluding hydrogens is 707 g/mol. The standard InChI is InChI=1S/C38H40F2N6O6S/c1-5-26-29(39)13-10-22-8-6-9-27(30(22)26)32-31(40)33-28(17-41-32)34(44-18-23-11-12-24(19-44)46(23)36(47)52-37(2,3)4)43-35(42-33)51-21-38-14-7-15-45(38)20-25(16-38)53(48,49)50/h1,6,8-10,13,17,23-25H,7,11-12,14-16,18-21H2,2-4H3,(H,48,49,50)/t23-,24+,25-,38+/m1/s1. The third-order valence-corrected chi connectivity index (χ3v) is 12.2. The summed E-state index contributed by atoms with van der Waals surface area (Å²) >= 11 is 0. The SMILES string of the molecule is C#Cc1c(F)ccc2cccc(-c3ncc4c(N5C[C@H]6CC[C@@H](C5)N6C(=O)OC(C)(C)C)nc(OC[C@@]56CCCN5C[C@H](S(=O)(=O)O)C6)nc4c3F)c12. The summed E-state index contributed by atoms with van der Waals surface area (Å²) in [5.74, 6) is 1.39. The zero-order chi connectivity index (χ0) is 37.4. The van der Waals surface area contributed by atoms with Gasteiger partial charge >= 0.3 is 12.1 Å². The zero-order valence-corrected chi connectivity index (χ0v) is 30.5. The summed E-state index contributed by atoms with van der Waals surface area (Å²) in [6, 6.07) is 7.49. The molecule has 4 fully saturated rings. The molecule has 1 N–H and O–H groups in total. The lowest BCUT2D eigenvalue weighted by Gasteiger charge is -2.42. The Morgan fingerprint density at radius 3 is 2.57 bits per heavy atom. The van der Waals surface area contributed by atoms with Crippen LogP contribution in [0.15, 0.2) is 36.5 Å². The lowest BCUT2D eigenvalue weighted by atomic mass is 9.95. The van der Waals surface area contributed by atoms with Gasteiger partial charge < -0.3 is 14.4 Å². The maximum atomic E-state index is 17.0. The van der Waals surface area contributed by atoms with Crippen LogP contribution >= 0.6 is 0 Å². The summed E-state index contributed by atoms with van der Waals surface area (Å²) in [5.41, 5.74) is -1.19. The van der Waals surface area contributed by atoms with Gasteiger partial charge in [0.05, 0.1) is 28.6 Å². The van der Waals surface area contributed by atoms with Gasteiger partial charge in [-0.3, -0.25) is 19.3 Å². The molecule has 6 heterocycles. The van der Waals surface area contributed by atoms with Gasteiger partial charge in [-0.25, -0.2) is 13.6 Å². The molecule has 4 atom stereocenters. The highest BCUT2D eigenvalue weighted by atomic mass is 32.2. The number of amides is 1. The molecular formula is C38H40F2N6O6S. The number of anilines is 1. The van der Waals surface area contributed by atoms with E-state index in [9.17, 15) is 22.2 Å². The predicted octanol–water partition coefficient (Wildman–Crippen LogP) is 5.57. The molecule has 0 radical (unpaired) electrons. The molecule has 278 valence electrons. The average Bonchev–Trinajstić information content (AvgIpc) is 3.75. The first-order chi connectivity index (χ1) is 25.2. The quantitative estimate of drug-likeness (QED) is 0.196. The van der Waals surface area contributed by atoms with Crippen molar-refractivity contribution in [1.29, 1.82) is 0 Å². The number of fused-ring (bicyclic) bond motifs is 5. The number of terminal acetylenes is 1. The van der Waals surface area contributed by atoms with Gasteiger partial charge in [0, 0.05) is 36.8 Å². The lowest BCUT2D eigenvalue weighted by Crippen LogP contribution is -2.57. The van der Waals surface area contributed by atoms with E-state index in [1.54, 1.807) is 29.2 Å². The van der Waals surface area contributed by atoms with Gasteiger partial charge in [-0.2, -0.15) is 18.4 Å². The largest absolute Gasteiger partial charge is 0.461 e. The van der Waals surface area contributed by atoms with Gasteiger partial charge in [0.2, 0.25) is 0 Å². The minimum atomic E-state index is -4.27. The molecule has 0 aliphatic carbocycles. The molecule has 4 aliphatic heterocycles. The van der Waals surface area contributed by atoms with E-state index >= 15 is 4.39 Å². The number of hydrogen-bond acceptors (Lipinski definition) is 10. The summed E-state index contributed by atoms with van der Waals surface area (Å²) in [5, 5.41) is 0.335. The van der Waals surface area contributed by atoms with Crippen molar-refractivity contribution < 1.29 is 36.0 Å². The van der Waals surface area contributed by atoms with Crippen molar-refractivity contribution in [3.05, 3.63) is 53.7 Å². The summed E-state index contributed by atoms with van der Waals surface area (Å²) < 4.78 is 78.0. The first-order valence-corrected chi connectivity index (χ1v) is 19.3. The smallest absolute Gasteiger partial charge is 0.410 e. The number of ether oxygens (including phenoxy) is 2. The van der Waals surface area contributed by atoms with E-state index < -0.39 is 38.1 Å². The fraction of sp³-hybridized carbons (Fsp3) is 0.474. The molecule has 1 amide bonds. The highest BCUT2D eigenvalue weighted by Crippen LogP contribution is 2.43. The second-order valence-electron chi connectivity index (χ2n) is 15.6. The Bertz CT molecular complexity index is 2300. The fourth-order valence-electron chi connectivity index (χ4n) is 8.76. The van der Waals surface area contributed by atoms with Crippen LogP contribution in [0.2, 0.25) is 0 Å². The molecule has 4 saturated heterocycles. The van der Waals surface area contributed by atoms with Crippen LogP contribution in [0.3, 0.4) is 0 Å². The van der Waals surface area contributed by atoms with Crippen molar-refractivity contribution in [3.63, 3.8) is 0 Å². The van der Waals surface area contributed by atoms with Gasteiger partial charge in [-0.05, 0) is 70.9 Å². The van der Waals surface area contributed by atoms with Crippen LogP contribution in [-0.2, 0) is 14.9 Å². The van der Waals surface area contributed by atoms with E-state index in [1.165, 1.54) is 12.3 Å². The van der Waals surface area contributed by atoms with Crippen molar-refractivity contribution in [3.8, 4) is 29.6 Å². The maximum Gasteiger partial charge on any atom is 0.410 e. The lowest BCUT2D eigenvalue weighted by molar-refractivity contribution is 0.0122. The zero-order valence-electron chi connectivity index (χ0n) is 29.7. The normalized spacial score (nSPS) is 24.5. The highest BCUT2D eigenvalue weighted by molar-refractivity contribution is 7.86. The highest BCUT2D eigenvalue weighted by Gasteiger charge is 2.52. The van der Waals surface area contributed by atoms with Crippen molar-refractivity contribution >= 4 is 43.7 Å². The number of rotatable bonds is 6. The first-order valence-electron chi connectivity index (χ1n) is 17.8. The minimum absolute atomic E-state index is 0.00901. The number of piperazine rings is 1. The number of carbonyl (C=O) groups excluding carboxylic acids is 1. The van der Waals surface area contributed by atoms with Crippen LogP contribution in [0.25, 0.3) is 32.9 Å². The number of halogens is 2. The number of nitrogens with zero attached hydrogens (tertiary/aromatic N) is 6.